The SMILES string of the molecule is Cc1nnc(-c2cccc(-c3cccc4c3CCN(C(=O)c3cn(-c5cccc(Cl)c5F)nn3)C4C(=O)Cc3ccc(C(=O)O)cc3)c2)o1. The second kappa shape index (κ2) is 12.9. The molecule has 0 aliphatic carbocycles. The van der Waals surface area contributed by atoms with Crippen molar-refractivity contribution in [1.82, 2.24) is 30.1 Å². The third-order valence-corrected chi connectivity index (χ3v) is 8.70. The molecule has 1 aliphatic heterocycles. The highest BCUT2D eigenvalue weighted by molar-refractivity contribution is 6.30. The van der Waals surface area contributed by atoms with Gasteiger partial charge in [-0.1, -0.05) is 65.3 Å². The van der Waals surface area contributed by atoms with Gasteiger partial charge in [-0.15, -0.1) is 15.3 Å². The van der Waals surface area contributed by atoms with Gasteiger partial charge in [0.1, 0.15) is 11.7 Å². The summed E-state index contributed by atoms with van der Waals surface area (Å²) in [5.41, 5.74) is 4.66. The number of hydrogen-bond donors (Lipinski definition) is 1. The van der Waals surface area contributed by atoms with Gasteiger partial charge in [-0.05, 0) is 70.6 Å². The average Bonchev–Trinajstić information content (AvgIpc) is 3.78. The van der Waals surface area contributed by atoms with Crippen LogP contribution in [-0.2, 0) is 17.6 Å². The van der Waals surface area contributed by atoms with Gasteiger partial charge in [-0.3, -0.25) is 9.59 Å². The van der Waals surface area contributed by atoms with Crippen LogP contribution in [0.5, 0.6) is 0 Å². The Morgan fingerprint density at radius 2 is 1.71 bits per heavy atom. The summed E-state index contributed by atoms with van der Waals surface area (Å²) in [6, 6.07) is 22.7. The maximum atomic E-state index is 14.8. The van der Waals surface area contributed by atoms with E-state index in [0.29, 0.717) is 29.3 Å². The predicted octanol–water partition coefficient (Wildman–Crippen LogP) is 6.33. The fourth-order valence-corrected chi connectivity index (χ4v) is 6.27. The molecule has 49 heavy (non-hydrogen) atoms. The van der Waals surface area contributed by atoms with Crippen molar-refractivity contribution < 1.29 is 28.3 Å². The number of aromatic carboxylic acids is 1. The summed E-state index contributed by atoms with van der Waals surface area (Å²) in [5.74, 6) is -1.80. The van der Waals surface area contributed by atoms with Crippen molar-refractivity contribution in [1.29, 1.82) is 0 Å². The molecule has 0 saturated carbocycles. The number of benzene rings is 4. The molecule has 1 amide bonds. The number of aryl methyl sites for hydroxylation is 1. The van der Waals surface area contributed by atoms with E-state index in [2.05, 4.69) is 20.5 Å². The Labute approximate surface area is 283 Å². The van der Waals surface area contributed by atoms with Crippen molar-refractivity contribution in [2.24, 2.45) is 0 Å². The molecule has 3 heterocycles. The second-order valence-electron chi connectivity index (χ2n) is 11.5. The molecule has 2 aromatic heterocycles. The molecule has 1 unspecified atom stereocenters. The average molecular weight is 677 g/mol. The van der Waals surface area contributed by atoms with Crippen LogP contribution in [0.3, 0.4) is 0 Å². The fourth-order valence-electron chi connectivity index (χ4n) is 6.10. The van der Waals surface area contributed by atoms with Crippen molar-refractivity contribution in [3.05, 3.63) is 136 Å². The Morgan fingerprint density at radius 3 is 2.47 bits per heavy atom. The molecule has 0 radical (unpaired) electrons. The number of halogens is 2. The number of carboxylic acid groups (broad SMARTS) is 1. The zero-order valence-electron chi connectivity index (χ0n) is 25.9. The number of Topliss-reactive ketones (excluding diaryl/α,β-unsaturated/α-hetero) is 1. The van der Waals surface area contributed by atoms with Crippen LogP contribution in [0.2, 0.25) is 5.02 Å². The fraction of sp³-hybridized carbons (Fsp3) is 0.139. The Hall–Kier alpha value is -6.01. The number of fused-ring (bicyclic) bond motifs is 1. The number of rotatable bonds is 8. The molecule has 6 aromatic rings. The van der Waals surface area contributed by atoms with Crippen LogP contribution in [0.1, 0.15) is 49.5 Å². The Morgan fingerprint density at radius 1 is 0.959 bits per heavy atom. The molecule has 1 N–H and O–H groups in total. The van der Waals surface area contributed by atoms with Crippen LogP contribution in [0.4, 0.5) is 4.39 Å². The van der Waals surface area contributed by atoms with E-state index in [4.69, 9.17) is 16.0 Å². The summed E-state index contributed by atoms with van der Waals surface area (Å²) in [6.07, 6.45) is 1.67. The molecule has 0 saturated heterocycles. The van der Waals surface area contributed by atoms with E-state index in [1.807, 2.05) is 42.5 Å². The Balaban J connectivity index is 1.27. The molecule has 0 fully saturated rings. The number of carbonyl (C=O) groups excluding carboxylic acids is 2. The number of aromatic nitrogens is 5. The minimum atomic E-state index is -1.08. The van der Waals surface area contributed by atoms with Crippen molar-refractivity contribution >= 4 is 29.3 Å². The van der Waals surface area contributed by atoms with Crippen molar-refractivity contribution in [2.75, 3.05) is 6.54 Å². The maximum Gasteiger partial charge on any atom is 0.335 e. The lowest BCUT2D eigenvalue weighted by Gasteiger charge is -2.37. The third kappa shape index (κ3) is 6.09. The summed E-state index contributed by atoms with van der Waals surface area (Å²) in [6.45, 7) is 1.90. The molecule has 11 nitrogen and oxygen atoms in total. The van der Waals surface area contributed by atoms with Gasteiger partial charge in [0.2, 0.25) is 11.8 Å². The number of ketones is 1. The summed E-state index contributed by atoms with van der Waals surface area (Å²) in [7, 11) is 0. The second-order valence-corrected chi connectivity index (χ2v) is 11.9. The molecule has 0 bridgehead atoms. The Bertz CT molecular complexity index is 2250. The van der Waals surface area contributed by atoms with E-state index in [1.165, 1.54) is 35.4 Å². The highest BCUT2D eigenvalue weighted by Gasteiger charge is 2.38. The van der Waals surface area contributed by atoms with Crippen LogP contribution >= 0.6 is 11.6 Å². The first kappa shape index (κ1) is 31.6. The van der Waals surface area contributed by atoms with Gasteiger partial charge in [0.05, 0.1) is 16.8 Å². The minimum Gasteiger partial charge on any atom is -0.478 e. The highest BCUT2D eigenvalue weighted by Crippen LogP contribution is 2.39. The van der Waals surface area contributed by atoms with E-state index >= 15 is 0 Å². The maximum absolute atomic E-state index is 14.8. The van der Waals surface area contributed by atoms with Gasteiger partial charge in [0, 0.05) is 25.5 Å². The number of nitrogens with zero attached hydrogens (tertiary/aromatic N) is 6. The standard InChI is InChI=1S/C36H26ClFN6O5/c1-20-39-41-34(49-20)24-6-2-5-23(18-24)25-7-3-8-27-26(25)15-16-43(33(27)31(45)17-21-11-13-22(14-12-21)36(47)48)35(46)29-19-44(42-40-29)30-10-4-9-28(37)32(30)38/h2-14,18-19,33H,15-17H2,1H3,(H,47,48). The van der Waals surface area contributed by atoms with Gasteiger partial charge in [0.15, 0.2) is 17.3 Å². The van der Waals surface area contributed by atoms with Crippen LogP contribution in [0.25, 0.3) is 28.3 Å². The van der Waals surface area contributed by atoms with E-state index in [9.17, 15) is 23.9 Å². The van der Waals surface area contributed by atoms with Crippen LogP contribution < -0.4 is 0 Å². The summed E-state index contributed by atoms with van der Waals surface area (Å²) < 4.78 is 21.5. The largest absolute Gasteiger partial charge is 0.478 e. The lowest BCUT2D eigenvalue weighted by atomic mass is 9.83. The molecule has 1 atom stereocenters. The number of amides is 1. The van der Waals surface area contributed by atoms with Crippen molar-refractivity contribution in [2.45, 2.75) is 25.8 Å². The van der Waals surface area contributed by atoms with E-state index in [1.54, 1.807) is 25.1 Å². The van der Waals surface area contributed by atoms with Crippen LogP contribution in [0.15, 0.2) is 95.5 Å². The predicted molar refractivity (Wildman–Crippen MR) is 176 cm³/mol. The highest BCUT2D eigenvalue weighted by atomic mass is 35.5. The first-order valence-electron chi connectivity index (χ1n) is 15.2. The van der Waals surface area contributed by atoms with E-state index < -0.39 is 23.7 Å². The van der Waals surface area contributed by atoms with Gasteiger partial charge in [-0.25, -0.2) is 13.9 Å². The van der Waals surface area contributed by atoms with Crippen LogP contribution in [0, 0.1) is 12.7 Å². The molecule has 1 aliphatic rings. The van der Waals surface area contributed by atoms with Crippen molar-refractivity contribution in [3.8, 4) is 28.3 Å². The van der Waals surface area contributed by atoms with E-state index in [-0.39, 0.29) is 40.7 Å². The van der Waals surface area contributed by atoms with Gasteiger partial charge in [0.25, 0.3) is 5.91 Å². The Kier molecular flexibility index (Phi) is 8.31. The molecular formula is C36H26ClFN6O5. The van der Waals surface area contributed by atoms with Gasteiger partial charge in [-0.2, -0.15) is 0 Å². The third-order valence-electron chi connectivity index (χ3n) is 8.40. The molecule has 4 aromatic carbocycles. The van der Waals surface area contributed by atoms with E-state index in [0.717, 1.165) is 26.9 Å². The molecule has 13 heteroatoms. The molecule has 0 spiro atoms. The zero-order chi connectivity index (χ0) is 34.2. The molecule has 7 rings (SSSR count). The molecule has 244 valence electrons. The van der Waals surface area contributed by atoms with Gasteiger partial charge < -0.3 is 14.4 Å². The first-order valence-corrected chi connectivity index (χ1v) is 15.6. The van der Waals surface area contributed by atoms with Gasteiger partial charge >= 0.3 is 5.97 Å². The lowest BCUT2D eigenvalue weighted by Crippen LogP contribution is -2.44. The lowest BCUT2D eigenvalue weighted by molar-refractivity contribution is -0.123. The molecular weight excluding hydrogens is 651 g/mol. The smallest absolute Gasteiger partial charge is 0.335 e. The summed E-state index contributed by atoms with van der Waals surface area (Å²) >= 11 is 5.96. The summed E-state index contributed by atoms with van der Waals surface area (Å²) in [5, 5.41) is 25.3. The summed E-state index contributed by atoms with van der Waals surface area (Å²) in [4.78, 5) is 41.2. The van der Waals surface area contributed by atoms with Crippen LogP contribution in [-0.4, -0.2) is 59.4 Å². The monoisotopic (exact) mass is 676 g/mol. The van der Waals surface area contributed by atoms with Crippen molar-refractivity contribution in [3.63, 3.8) is 0 Å². The first-order chi connectivity index (χ1) is 23.7. The number of hydrogen-bond acceptors (Lipinski definition) is 8. The zero-order valence-corrected chi connectivity index (χ0v) is 26.6. The number of carbonyl (C=O) groups is 3. The quantitative estimate of drug-likeness (QED) is 0.195. The number of carboxylic acids is 1. The topological polar surface area (TPSA) is 144 Å². The normalized spacial score (nSPS) is 14.0. The minimum absolute atomic E-state index is 0.0167.